The van der Waals surface area contributed by atoms with E-state index < -0.39 is 0 Å². The molecule has 0 aliphatic heterocycles. The summed E-state index contributed by atoms with van der Waals surface area (Å²) in [6, 6.07) is 5.57. The van der Waals surface area contributed by atoms with Gasteiger partial charge >= 0.3 is 0 Å². The highest BCUT2D eigenvalue weighted by atomic mass is 16.1. The predicted octanol–water partition coefficient (Wildman–Crippen LogP) is 3.19. The van der Waals surface area contributed by atoms with Gasteiger partial charge in [-0.05, 0) is 36.6 Å². The number of hydrogen-bond acceptors (Lipinski definition) is 2. The van der Waals surface area contributed by atoms with Crippen LogP contribution in [0.4, 0.5) is 5.69 Å². The van der Waals surface area contributed by atoms with Gasteiger partial charge in [0, 0.05) is 23.1 Å². The first-order valence-electron chi connectivity index (χ1n) is 6.41. The molecule has 18 heavy (non-hydrogen) atoms. The molecule has 96 valence electrons. The summed E-state index contributed by atoms with van der Waals surface area (Å²) >= 11 is 0. The standard InChI is InChI=1S/C15H19NO2/c1-4-13(17)16-11-5-6-12-10(9-11)7-8-15(2,3)14(12)18/h5-6,9H,4,7-8H2,1-3H3,(H,16,17). The van der Waals surface area contributed by atoms with Crippen molar-refractivity contribution in [2.45, 2.75) is 40.0 Å². The van der Waals surface area contributed by atoms with Crippen molar-refractivity contribution in [3.8, 4) is 0 Å². The van der Waals surface area contributed by atoms with E-state index in [9.17, 15) is 9.59 Å². The average Bonchev–Trinajstić information content (AvgIpc) is 2.34. The summed E-state index contributed by atoms with van der Waals surface area (Å²) in [5.41, 5.74) is 2.38. The SMILES string of the molecule is CCC(=O)Nc1ccc2c(c1)CCC(C)(C)C2=O. The van der Waals surface area contributed by atoms with Crippen LogP contribution in [0.1, 0.15) is 49.5 Å². The molecule has 0 aromatic heterocycles. The molecule has 0 radical (unpaired) electrons. The summed E-state index contributed by atoms with van der Waals surface area (Å²) in [7, 11) is 0. The Morgan fingerprint density at radius 1 is 1.39 bits per heavy atom. The molecule has 1 aliphatic rings. The first kappa shape index (κ1) is 12.8. The lowest BCUT2D eigenvalue weighted by atomic mass is 9.73. The van der Waals surface area contributed by atoms with Gasteiger partial charge in [-0.25, -0.2) is 0 Å². The Bertz CT molecular complexity index is 503. The normalized spacial score (nSPS) is 17.2. The number of fused-ring (bicyclic) bond motifs is 1. The molecule has 0 unspecified atom stereocenters. The zero-order chi connectivity index (χ0) is 13.3. The van der Waals surface area contributed by atoms with Crippen LogP contribution in [0.3, 0.4) is 0 Å². The van der Waals surface area contributed by atoms with Crippen LogP contribution in [0, 0.1) is 5.41 Å². The lowest BCUT2D eigenvalue weighted by Crippen LogP contribution is -2.30. The molecular formula is C15H19NO2. The summed E-state index contributed by atoms with van der Waals surface area (Å²) in [6.45, 7) is 5.80. The molecule has 1 aliphatic carbocycles. The number of carbonyl (C=O) groups excluding carboxylic acids is 2. The molecule has 2 rings (SSSR count). The number of carbonyl (C=O) groups is 2. The molecule has 0 heterocycles. The quantitative estimate of drug-likeness (QED) is 0.869. The first-order chi connectivity index (χ1) is 8.44. The minimum Gasteiger partial charge on any atom is -0.326 e. The molecule has 0 atom stereocenters. The lowest BCUT2D eigenvalue weighted by molar-refractivity contribution is -0.115. The summed E-state index contributed by atoms with van der Waals surface area (Å²) < 4.78 is 0. The Balaban J connectivity index is 2.30. The number of aryl methyl sites for hydroxylation is 1. The number of rotatable bonds is 2. The topological polar surface area (TPSA) is 46.2 Å². The third-order valence-electron chi connectivity index (χ3n) is 3.59. The van der Waals surface area contributed by atoms with Crippen LogP contribution < -0.4 is 5.32 Å². The molecule has 1 amide bonds. The Kier molecular flexibility index (Phi) is 3.24. The van der Waals surface area contributed by atoms with E-state index in [1.807, 2.05) is 39.0 Å². The van der Waals surface area contributed by atoms with Crippen molar-refractivity contribution in [3.63, 3.8) is 0 Å². The van der Waals surface area contributed by atoms with Gasteiger partial charge in [-0.2, -0.15) is 0 Å². The van der Waals surface area contributed by atoms with Gasteiger partial charge in [-0.15, -0.1) is 0 Å². The van der Waals surface area contributed by atoms with E-state index in [-0.39, 0.29) is 17.1 Å². The fourth-order valence-corrected chi connectivity index (χ4v) is 2.27. The molecule has 1 N–H and O–H groups in total. The van der Waals surface area contributed by atoms with Crippen LogP contribution in [0.25, 0.3) is 0 Å². The van der Waals surface area contributed by atoms with Gasteiger partial charge in [0.05, 0.1) is 0 Å². The van der Waals surface area contributed by atoms with Gasteiger partial charge in [0.1, 0.15) is 0 Å². The second kappa shape index (κ2) is 4.56. The van der Waals surface area contributed by atoms with Crippen molar-refractivity contribution >= 4 is 17.4 Å². The highest BCUT2D eigenvalue weighted by Crippen LogP contribution is 2.35. The lowest BCUT2D eigenvalue weighted by Gasteiger charge is -2.29. The van der Waals surface area contributed by atoms with Gasteiger partial charge in [-0.3, -0.25) is 9.59 Å². The van der Waals surface area contributed by atoms with Crippen LogP contribution in [-0.2, 0) is 11.2 Å². The van der Waals surface area contributed by atoms with Gasteiger partial charge in [0.15, 0.2) is 5.78 Å². The number of benzene rings is 1. The molecule has 3 nitrogen and oxygen atoms in total. The molecule has 1 aromatic rings. The van der Waals surface area contributed by atoms with Crippen LogP contribution in [0.5, 0.6) is 0 Å². The molecule has 3 heteroatoms. The van der Waals surface area contributed by atoms with Crippen LogP contribution in [0.15, 0.2) is 18.2 Å². The van der Waals surface area contributed by atoms with Gasteiger partial charge in [-0.1, -0.05) is 20.8 Å². The van der Waals surface area contributed by atoms with Crippen molar-refractivity contribution in [2.24, 2.45) is 5.41 Å². The number of anilines is 1. The maximum absolute atomic E-state index is 12.2. The Labute approximate surface area is 108 Å². The molecular weight excluding hydrogens is 226 g/mol. The molecule has 0 saturated heterocycles. The van der Waals surface area contributed by atoms with Gasteiger partial charge in [0.2, 0.25) is 5.91 Å². The number of amides is 1. The van der Waals surface area contributed by atoms with Crippen molar-refractivity contribution < 1.29 is 9.59 Å². The van der Waals surface area contributed by atoms with E-state index in [0.717, 1.165) is 29.7 Å². The molecule has 0 spiro atoms. The largest absolute Gasteiger partial charge is 0.326 e. The van der Waals surface area contributed by atoms with Crippen molar-refractivity contribution in [2.75, 3.05) is 5.32 Å². The zero-order valence-electron chi connectivity index (χ0n) is 11.2. The molecule has 0 fully saturated rings. The predicted molar refractivity (Wildman–Crippen MR) is 71.8 cm³/mol. The number of ketones is 1. The van der Waals surface area contributed by atoms with E-state index >= 15 is 0 Å². The van der Waals surface area contributed by atoms with E-state index in [2.05, 4.69) is 5.32 Å². The first-order valence-corrected chi connectivity index (χ1v) is 6.41. The molecule has 0 bridgehead atoms. The Morgan fingerprint density at radius 2 is 2.11 bits per heavy atom. The highest BCUT2D eigenvalue weighted by Gasteiger charge is 2.33. The summed E-state index contributed by atoms with van der Waals surface area (Å²) in [4.78, 5) is 23.6. The van der Waals surface area contributed by atoms with E-state index in [4.69, 9.17) is 0 Å². The smallest absolute Gasteiger partial charge is 0.224 e. The molecule has 0 saturated carbocycles. The highest BCUT2D eigenvalue weighted by molar-refractivity contribution is 6.03. The maximum atomic E-state index is 12.2. The second-order valence-corrected chi connectivity index (χ2v) is 5.49. The second-order valence-electron chi connectivity index (χ2n) is 5.49. The summed E-state index contributed by atoms with van der Waals surface area (Å²) in [6.07, 6.45) is 2.22. The van der Waals surface area contributed by atoms with Crippen LogP contribution >= 0.6 is 0 Å². The monoisotopic (exact) mass is 245 g/mol. The van der Waals surface area contributed by atoms with Gasteiger partial charge in [0.25, 0.3) is 0 Å². The summed E-state index contributed by atoms with van der Waals surface area (Å²) in [5, 5.41) is 2.83. The van der Waals surface area contributed by atoms with E-state index in [0.29, 0.717) is 6.42 Å². The van der Waals surface area contributed by atoms with Gasteiger partial charge < -0.3 is 5.32 Å². The van der Waals surface area contributed by atoms with Crippen molar-refractivity contribution in [1.29, 1.82) is 0 Å². The minimum absolute atomic E-state index is 0.00239. The fourth-order valence-electron chi connectivity index (χ4n) is 2.27. The molecule has 1 aromatic carbocycles. The Hall–Kier alpha value is -1.64. The van der Waals surface area contributed by atoms with Crippen LogP contribution in [-0.4, -0.2) is 11.7 Å². The minimum atomic E-state index is -0.263. The number of hydrogen-bond donors (Lipinski definition) is 1. The van der Waals surface area contributed by atoms with Crippen molar-refractivity contribution in [1.82, 2.24) is 0 Å². The van der Waals surface area contributed by atoms with E-state index in [1.54, 1.807) is 0 Å². The van der Waals surface area contributed by atoms with Crippen molar-refractivity contribution in [3.05, 3.63) is 29.3 Å². The van der Waals surface area contributed by atoms with Crippen LogP contribution in [0.2, 0.25) is 0 Å². The van der Waals surface area contributed by atoms with E-state index in [1.165, 1.54) is 0 Å². The third-order valence-corrected chi connectivity index (χ3v) is 3.59. The summed E-state index contributed by atoms with van der Waals surface area (Å²) in [5.74, 6) is 0.203. The Morgan fingerprint density at radius 3 is 2.78 bits per heavy atom. The fraction of sp³-hybridized carbons (Fsp3) is 0.467. The zero-order valence-corrected chi connectivity index (χ0v) is 11.2. The third kappa shape index (κ3) is 2.30. The number of Topliss-reactive ketones (excluding diaryl/α,β-unsaturated/α-hetero) is 1. The maximum Gasteiger partial charge on any atom is 0.224 e. The number of nitrogens with one attached hydrogen (secondary N) is 1. The average molecular weight is 245 g/mol.